The second kappa shape index (κ2) is 16.0. The molecule has 0 spiro atoms. The van der Waals surface area contributed by atoms with Crippen molar-refractivity contribution >= 4 is 75.2 Å². The maximum Gasteiger partial charge on any atom is 0.295 e. The summed E-state index contributed by atoms with van der Waals surface area (Å²) in [6, 6.07) is 11.3. The quantitative estimate of drug-likeness (QED) is 0.0767. The van der Waals surface area contributed by atoms with E-state index in [-0.39, 0.29) is 48.2 Å². The van der Waals surface area contributed by atoms with Gasteiger partial charge in [-0.15, -0.1) is 0 Å². The minimum absolute atomic E-state index is 0.0187. The van der Waals surface area contributed by atoms with Gasteiger partial charge in [-0.3, -0.25) is 29.0 Å². The molecule has 1 fully saturated rings. The maximum absolute atomic E-state index is 13.4. The van der Waals surface area contributed by atoms with E-state index in [1.807, 2.05) is 0 Å². The van der Waals surface area contributed by atoms with Gasteiger partial charge in [-0.1, -0.05) is 12.2 Å². The molecule has 5 N–H and O–H groups in total. The number of benzene rings is 2. The number of aryl methyl sites for hydroxylation is 3. The fourth-order valence-corrected chi connectivity index (χ4v) is 7.37. The van der Waals surface area contributed by atoms with E-state index in [0.717, 1.165) is 11.0 Å². The van der Waals surface area contributed by atoms with Crippen molar-refractivity contribution in [2.75, 3.05) is 41.9 Å². The topological polar surface area (TPSA) is 227 Å². The molecule has 2 aliphatic heterocycles. The predicted octanol–water partition coefficient (Wildman–Crippen LogP) is 4.52. The third kappa shape index (κ3) is 7.95. The van der Waals surface area contributed by atoms with E-state index < -0.39 is 17.7 Å². The number of anilines is 4. The van der Waals surface area contributed by atoms with E-state index in [1.165, 1.54) is 28.6 Å². The molecule has 19 nitrogen and oxygen atoms in total. The molecule has 4 aromatic heterocycles. The molecule has 61 heavy (non-hydrogen) atoms. The zero-order valence-corrected chi connectivity index (χ0v) is 33.8. The fourth-order valence-electron chi connectivity index (χ4n) is 7.37. The van der Waals surface area contributed by atoms with Crippen LogP contribution in [0.3, 0.4) is 0 Å². The summed E-state index contributed by atoms with van der Waals surface area (Å²) in [5, 5.41) is 13.2. The molecule has 0 saturated carbocycles. The number of aromatic nitrogens is 6. The largest absolute Gasteiger partial charge is 0.493 e. The average molecular weight is 827 g/mol. The van der Waals surface area contributed by atoms with Crippen LogP contribution in [0.1, 0.15) is 61.2 Å². The summed E-state index contributed by atoms with van der Waals surface area (Å²) in [5.41, 5.74) is 10.1. The molecule has 1 unspecified atom stereocenters. The molecule has 8 rings (SSSR count). The highest BCUT2D eigenvalue weighted by Crippen LogP contribution is 2.38. The van der Waals surface area contributed by atoms with Crippen molar-refractivity contribution in [1.82, 2.24) is 33.4 Å². The lowest BCUT2D eigenvalue weighted by Crippen LogP contribution is -2.35. The van der Waals surface area contributed by atoms with Crippen LogP contribution in [-0.2, 0) is 25.9 Å². The van der Waals surface area contributed by atoms with Gasteiger partial charge in [0.25, 0.3) is 23.6 Å². The Balaban J connectivity index is 0.836. The molecule has 19 heteroatoms. The van der Waals surface area contributed by atoms with Crippen LogP contribution in [0, 0.1) is 0 Å². The number of nitrogens with zero attached hydrogens (tertiary/aromatic N) is 8. The van der Waals surface area contributed by atoms with Gasteiger partial charge in [-0.2, -0.15) is 9.78 Å². The van der Waals surface area contributed by atoms with Crippen LogP contribution in [-0.4, -0.2) is 95.4 Å². The van der Waals surface area contributed by atoms with Crippen LogP contribution >= 0.6 is 0 Å². The Morgan fingerprint density at radius 2 is 1.64 bits per heavy atom. The Labute approximate surface area is 348 Å². The minimum Gasteiger partial charge on any atom is -0.493 e. The minimum atomic E-state index is -0.569. The van der Waals surface area contributed by atoms with E-state index >= 15 is 0 Å². The van der Waals surface area contributed by atoms with Crippen LogP contribution < -0.4 is 31.2 Å². The number of hydrogen-bond acceptors (Lipinski definition) is 11. The van der Waals surface area contributed by atoms with E-state index in [1.54, 1.807) is 96.4 Å². The number of aliphatic imine (C=N–C) groups is 1. The molecule has 0 bridgehead atoms. The van der Waals surface area contributed by atoms with Gasteiger partial charge in [0.1, 0.15) is 11.4 Å². The number of hydrogen-bond donors (Lipinski definition) is 4. The van der Waals surface area contributed by atoms with E-state index in [4.69, 9.17) is 15.2 Å². The highest BCUT2D eigenvalue weighted by atomic mass is 16.5. The molecule has 1 atom stereocenters. The second-order valence-electron chi connectivity index (χ2n) is 14.9. The number of nitrogens with two attached hydrogens (primary N) is 1. The molecule has 312 valence electrons. The number of rotatable bonds is 12. The number of fused-ring (bicyclic) bond motifs is 3. The van der Waals surface area contributed by atoms with Gasteiger partial charge in [0.05, 0.1) is 54.1 Å². The Kier molecular flexibility index (Phi) is 10.5. The van der Waals surface area contributed by atoms with E-state index in [0.29, 0.717) is 70.4 Å². The molecule has 1 saturated heterocycles. The number of ether oxygens (including phenoxy) is 2. The van der Waals surface area contributed by atoms with Crippen molar-refractivity contribution in [2.24, 2.45) is 26.1 Å². The molecule has 6 aromatic rings. The summed E-state index contributed by atoms with van der Waals surface area (Å²) in [7, 11) is 6.44. The summed E-state index contributed by atoms with van der Waals surface area (Å²) in [4.78, 5) is 76.7. The van der Waals surface area contributed by atoms with Crippen molar-refractivity contribution in [2.45, 2.75) is 25.3 Å². The van der Waals surface area contributed by atoms with Crippen LogP contribution in [0.5, 0.6) is 11.5 Å². The van der Waals surface area contributed by atoms with Gasteiger partial charge in [0, 0.05) is 76.1 Å². The van der Waals surface area contributed by atoms with Gasteiger partial charge in [0.15, 0.2) is 17.3 Å². The number of imidazole rings is 1. The summed E-state index contributed by atoms with van der Waals surface area (Å²) >= 11 is 0. The summed E-state index contributed by atoms with van der Waals surface area (Å²) in [6.07, 6.45) is 9.13. The molecular formula is C42H42N12O7. The first-order valence-corrected chi connectivity index (χ1v) is 19.2. The monoisotopic (exact) mass is 826 g/mol. The Hall–Kier alpha value is -7.96. The molecule has 2 aromatic carbocycles. The summed E-state index contributed by atoms with van der Waals surface area (Å²) in [6.45, 7) is 4.67. The lowest BCUT2D eigenvalue weighted by molar-refractivity contribution is -0.116. The van der Waals surface area contributed by atoms with Crippen molar-refractivity contribution in [3.05, 3.63) is 102 Å². The fraction of sp³-hybridized carbons (Fsp3) is 0.238. The third-order valence-electron chi connectivity index (χ3n) is 10.4. The first kappa shape index (κ1) is 39.8. The van der Waals surface area contributed by atoms with E-state index in [2.05, 4.69) is 37.6 Å². The van der Waals surface area contributed by atoms with Gasteiger partial charge >= 0.3 is 0 Å². The number of carbonyl (C=O) groups is 5. The van der Waals surface area contributed by atoms with Gasteiger partial charge in [-0.25, -0.2) is 4.98 Å². The van der Waals surface area contributed by atoms with Gasteiger partial charge in [-0.05, 0) is 49.2 Å². The zero-order chi connectivity index (χ0) is 43.1. The van der Waals surface area contributed by atoms with Crippen molar-refractivity contribution < 1.29 is 33.4 Å². The molecule has 0 radical (unpaired) electrons. The highest BCUT2D eigenvalue weighted by molar-refractivity contribution is 6.08. The summed E-state index contributed by atoms with van der Waals surface area (Å²) in [5.74, 6) is -0.953. The first-order valence-electron chi connectivity index (χ1n) is 19.2. The molecular weight excluding hydrogens is 785 g/mol. The molecule has 2 aliphatic rings. The smallest absolute Gasteiger partial charge is 0.295 e. The standard InChI is InChI=1S/C42H42N12O7/c1-23-11-28-18-44-30-16-35(34(60-5)15-29(30)41(58)53(28)19-23)61-10-6-7-37(55)48-36-22-52(4)38(49-36)40(57)47-26-13-32(50(2)20-26)39(56)46-27-14-33(51(3)21-27)42(59)54-31-9-8-25(43)12-24(31)17-45-54/h8-9,12-18,20-22,28H,1,6-7,10-11,19,43H2,2-5H3,(H,46,56)(H,47,57)(H,48,55). The lowest BCUT2D eigenvalue weighted by atomic mass is 10.1. The normalized spacial score (nSPS) is 14.4. The highest BCUT2D eigenvalue weighted by Gasteiger charge is 2.34. The third-order valence-corrected chi connectivity index (χ3v) is 10.4. The van der Waals surface area contributed by atoms with Crippen LogP contribution in [0.2, 0.25) is 0 Å². The lowest BCUT2D eigenvalue weighted by Gasteiger charge is -2.20. The number of amides is 4. The Bertz CT molecular complexity index is 2820. The maximum atomic E-state index is 13.4. The number of methoxy groups -OCH3 is 1. The first-order chi connectivity index (χ1) is 29.3. The Morgan fingerprint density at radius 1 is 0.902 bits per heavy atom. The zero-order valence-electron chi connectivity index (χ0n) is 33.8. The number of nitrogen functional groups attached to an aromatic ring is 1. The molecule has 4 amide bonds. The second-order valence-corrected chi connectivity index (χ2v) is 14.9. The number of carbonyl (C=O) groups excluding carboxylic acids is 5. The van der Waals surface area contributed by atoms with Crippen molar-refractivity contribution in [3.63, 3.8) is 0 Å². The van der Waals surface area contributed by atoms with Crippen molar-refractivity contribution in [3.8, 4) is 11.5 Å². The van der Waals surface area contributed by atoms with Crippen LogP contribution in [0.15, 0.2) is 84.4 Å². The van der Waals surface area contributed by atoms with Gasteiger partial charge < -0.3 is 49.8 Å². The SMILES string of the molecule is C=C1CC2C=Nc3cc(OCCCC(=O)Nc4cn(C)c(C(=O)Nc5cc(C(=O)Nc6cc(C(=O)n7ncc8cc(N)ccc87)n(C)c6)n(C)c5)n4)c(OC)cc3C(=O)N2C1. The predicted molar refractivity (Wildman–Crippen MR) is 227 cm³/mol. The van der Waals surface area contributed by atoms with Crippen LogP contribution in [0.4, 0.5) is 28.6 Å². The van der Waals surface area contributed by atoms with Crippen LogP contribution in [0.25, 0.3) is 10.9 Å². The van der Waals surface area contributed by atoms with E-state index in [9.17, 15) is 24.0 Å². The van der Waals surface area contributed by atoms with Gasteiger partial charge in [0.2, 0.25) is 11.7 Å². The average Bonchev–Trinajstić information content (AvgIpc) is 4.05. The van der Waals surface area contributed by atoms with Crippen molar-refractivity contribution in [1.29, 1.82) is 0 Å². The number of nitrogens with one attached hydrogen (secondary N) is 3. The summed E-state index contributed by atoms with van der Waals surface area (Å²) < 4.78 is 17.3. The molecule has 6 heterocycles. The molecule has 0 aliphatic carbocycles. The Morgan fingerprint density at radius 3 is 2.41 bits per heavy atom.